The lowest BCUT2D eigenvalue weighted by atomic mass is 10.4. The first-order valence-electron chi connectivity index (χ1n) is 4.29. The summed E-state index contributed by atoms with van der Waals surface area (Å²) < 4.78 is 23.9. The molecule has 15 heavy (non-hydrogen) atoms. The summed E-state index contributed by atoms with van der Waals surface area (Å²) in [5.74, 6) is 0. The first-order valence-corrected chi connectivity index (χ1v) is 5.77. The zero-order valence-corrected chi connectivity index (χ0v) is 8.55. The van der Waals surface area contributed by atoms with E-state index >= 15 is 0 Å². The van der Waals surface area contributed by atoms with E-state index in [1.165, 1.54) is 24.4 Å². The van der Waals surface area contributed by atoms with Crippen LogP contribution in [0.3, 0.4) is 0 Å². The van der Waals surface area contributed by atoms with Crippen LogP contribution in [0.25, 0.3) is 0 Å². The van der Waals surface area contributed by atoms with E-state index in [4.69, 9.17) is 0 Å². The Morgan fingerprint density at radius 3 is 2.27 bits per heavy atom. The fourth-order valence-electron chi connectivity index (χ4n) is 1.15. The Kier molecular flexibility index (Phi) is 2.47. The molecule has 0 bridgehead atoms. The molecule has 5 heteroatoms. The second-order valence-corrected chi connectivity index (χ2v) is 4.77. The van der Waals surface area contributed by atoms with Crippen molar-refractivity contribution in [3.05, 3.63) is 48.7 Å². The van der Waals surface area contributed by atoms with Gasteiger partial charge in [0.05, 0.1) is 4.90 Å². The third-order valence-corrected chi connectivity index (χ3v) is 3.54. The van der Waals surface area contributed by atoms with Crippen LogP contribution in [0.15, 0.2) is 58.6 Å². The number of hydrogen-bond acceptors (Lipinski definition) is 4. The van der Waals surface area contributed by atoms with Crippen LogP contribution in [0.2, 0.25) is 0 Å². The molecule has 4 nitrogen and oxygen atoms in total. The third-order valence-electron chi connectivity index (χ3n) is 1.88. The molecule has 2 rings (SSSR count). The van der Waals surface area contributed by atoms with Gasteiger partial charge in [-0.05, 0) is 24.3 Å². The molecule has 0 unspecified atom stereocenters. The summed E-state index contributed by atoms with van der Waals surface area (Å²) in [6.45, 7) is 0. The number of hydrogen-bond donors (Lipinski definition) is 0. The van der Waals surface area contributed by atoms with Gasteiger partial charge in [-0.25, -0.2) is 8.42 Å². The first kappa shape index (κ1) is 9.79. The summed E-state index contributed by atoms with van der Waals surface area (Å²) in [6.07, 6.45) is 1.43. The summed E-state index contributed by atoms with van der Waals surface area (Å²) in [5.41, 5.74) is 0. The van der Waals surface area contributed by atoms with Crippen molar-refractivity contribution >= 4 is 9.84 Å². The summed E-state index contributed by atoms with van der Waals surface area (Å²) in [6, 6.07) is 11.1. The molecule has 2 aromatic rings. The van der Waals surface area contributed by atoms with Crippen molar-refractivity contribution in [3.63, 3.8) is 0 Å². The van der Waals surface area contributed by atoms with Gasteiger partial charge in [-0.3, -0.25) is 0 Å². The molecule has 0 saturated carbocycles. The summed E-state index contributed by atoms with van der Waals surface area (Å²) in [5, 5.41) is 7.10. The van der Waals surface area contributed by atoms with Crippen molar-refractivity contribution in [1.29, 1.82) is 0 Å². The maximum absolute atomic E-state index is 11.9. The standard InChI is InChI=1S/C10H8N2O2S/c13-15(14,9-5-2-1-3-6-9)10-7-4-8-11-12-10/h1-8H. The lowest BCUT2D eigenvalue weighted by Crippen LogP contribution is -2.04. The fraction of sp³-hybridized carbons (Fsp3) is 0. The van der Waals surface area contributed by atoms with Gasteiger partial charge in [-0.1, -0.05) is 18.2 Å². The van der Waals surface area contributed by atoms with Crippen LogP contribution in [-0.4, -0.2) is 18.6 Å². The zero-order chi connectivity index (χ0) is 10.7. The molecular weight excluding hydrogens is 212 g/mol. The normalized spacial score (nSPS) is 11.2. The maximum atomic E-state index is 11.9. The van der Waals surface area contributed by atoms with Gasteiger partial charge in [0, 0.05) is 6.20 Å². The topological polar surface area (TPSA) is 59.9 Å². The quantitative estimate of drug-likeness (QED) is 0.765. The van der Waals surface area contributed by atoms with Crippen molar-refractivity contribution in [2.24, 2.45) is 0 Å². The molecule has 1 aromatic carbocycles. The molecule has 0 fully saturated rings. The molecule has 0 aliphatic rings. The third kappa shape index (κ3) is 1.87. The Morgan fingerprint density at radius 1 is 0.933 bits per heavy atom. The molecule has 0 amide bonds. The Bertz CT molecular complexity index is 493. The van der Waals surface area contributed by atoms with Crippen LogP contribution in [0, 0.1) is 0 Å². The predicted molar refractivity (Wildman–Crippen MR) is 53.9 cm³/mol. The van der Waals surface area contributed by atoms with Crippen LogP contribution in [0.1, 0.15) is 0 Å². The highest BCUT2D eigenvalue weighted by Gasteiger charge is 2.18. The van der Waals surface area contributed by atoms with E-state index < -0.39 is 9.84 Å². The average molecular weight is 220 g/mol. The van der Waals surface area contributed by atoms with E-state index in [9.17, 15) is 8.42 Å². The number of rotatable bonds is 2. The van der Waals surface area contributed by atoms with E-state index in [-0.39, 0.29) is 9.92 Å². The molecule has 1 heterocycles. The average Bonchev–Trinajstić information content (AvgIpc) is 2.31. The van der Waals surface area contributed by atoms with Crippen LogP contribution >= 0.6 is 0 Å². The Balaban J connectivity index is 2.55. The SMILES string of the molecule is O=S(=O)(c1ccccc1)c1cccnn1. The van der Waals surface area contributed by atoms with Gasteiger partial charge in [0.25, 0.3) is 0 Å². The molecule has 0 spiro atoms. The molecule has 0 aliphatic heterocycles. The number of aromatic nitrogens is 2. The highest BCUT2D eigenvalue weighted by atomic mass is 32.2. The van der Waals surface area contributed by atoms with Gasteiger partial charge >= 0.3 is 0 Å². The van der Waals surface area contributed by atoms with E-state index in [0.717, 1.165) is 0 Å². The van der Waals surface area contributed by atoms with Crippen molar-refractivity contribution in [2.75, 3.05) is 0 Å². The highest BCUT2D eigenvalue weighted by molar-refractivity contribution is 7.91. The molecule has 0 atom stereocenters. The Hall–Kier alpha value is -1.75. The summed E-state index contributed by atoms with van der Waals surface area (Å²) >= 11 is 0. The largest absolute Gasteiger partial charge is 0.225 e. The van der Waals surface area contributed by atoms with Gasteiger partial charge in [-0.15, -0.1) is 5.10 Å². The van der Waals surface area contributed by atoms with Gasteiger partial charge in [-0.2, -0.15) is 5.10 Å². The molecule has 0 radical (unpaired) electrons. The summed E-state index contributed by atoms with van der Waals surface area (Å²) in [4.78, 5) is 0.227. The summed E-state index contributed by atoms with van der Waals surface area (Å²) in [7, 11) is -3.51. The second kappa shape index (κ2) is 3.78. The molecule has 76 valence electrons. The minimum atomic E-state index is -3.51. The first-order chi connectivity index (χ1) is 7.21. The minimum Gasteiger partial charge on any atom is -0.217 e. The van der Waals surface area contributed by atoms with Gasteiger partial charge in [0.15, 0.2) is 5.03 Å². The monoisotopic (exact) mass is 220 g/mol. The predicted octanol–water partition coefficient (Wildman–Crippen LogP) is 1.31. The maximum Gasteiger partial charge on any atom is 0.225 e. The van der Waals surface area contributed by atoms with Crippen LogP contribution < -0.4 is 0 Å². The number of nitrogens with zero attached hydrogens (tertiary/aromatic N) is 2. The smallest absolute Gasteiger partial charge is 0.217 e. The van der Waals surface area contributed by atoms with E-state index in [2.05, 4.69) is 10.2 Å². The van der Waals surface area contributed by atoms with Crippen molar-refractivity contribution < 1.29 is 8.42 Å². The molecule has 0 saturated heterocycles. The highest BCUT2D eigenvalue weighted by Crippen LogP contribution is 2.16. The van der Waals surface area contributed by atoms with Crippen molar-refractivity contribution in [3.8, 4) is 0 Å². The number of benzene rings is 1. The Morgan fingerprint density at radius 2 is 1.67 bits per heavy atom. The van der Waals surface area contributed by atoms with Crippen molar-refractivity contribution in [2.45, 2.75) is 9.92 Å². The second-order valence-electron chi connectivity index (χ2n) is 2.88. The minimum absolute atomic E-state index is 0.0313. The molecule has 1 aromatic heterocycles. The van der Waals surface area contributed by atoms with Crippen LogP contribution in [0.4, 0.5) is 0 Å². The van der Waals surface area contributed by atoms with E-state index in [0.29, 0.717) is 0 Å². The molecular formula is C10H8N2O2S. The lowest BCUT2D eigenvalue weighted by molar-refractivity contribution is 0.590. The van der Waals surface area contributed by atoms with Gasteiger partial charge < -0.3 is 0 Å². The Labute approximate surface area is 87.5 Å². The molecule has 0 N–H and O–H groups in total. The zero-order valence-electron chi connectivity index (χ0n) is 7.74. The molecule has 0 aliphatic carbocycles. The lowest BCUT2D eigenvalue weighted by Gasteiger charge is -2.01. The van der Waals surface area contributed by atoms with Gasteiger partial charge in [0.1, 0.15) is 0 Å². The van der Waals surface area contributed by atoms with Crippen molar-refractivity contribution in [1.82, 2.24) is 10.2 Å². The van der Waals surface area contributed by atoms with Crippen LogP contribution in [-0.2, 0) is 9.84 Å². The fourth-order valence-corrected chi connectivity index (χ4v) is 2.32. The van der Waals surface area contributed by atoms with E-state index in [1.807, 2.05) is 0 Å². The number of sulfone groups is 1. The van der Waals surface area contributed by atoms with Gasteiger partial charge in [0.2, 0.25) is 9.84 Å². The van der Waals surface area contributed by atoms with Crippen LogP contribution in [0.5, 0.6) is 0 Å². The van der Waals surface area contributed by atoms with E-state index in [1.54, 1.807) is 24.3 Å².